The summed E-state index contributed by atoms with van der Waals surface area (Å²) in [5.74, 6) is 0.519. The van der Waals surface area contributed by atoms with Gasteiger partial charge in [0.1, 0.15) is 0 Å². The highest BCUT2D eigenvalue weighted by Gasteiger charge is 2.21. The molecule has 0 aromatic carbocycles. The van der Waals surface area contributed by atoms with Crippen LogP contribution in [0.15, 0.2) is 0 Å². The predicted octanol–water partition coefficient (Wildman–Crippen LogP) is 1.75. The molecule has 0 amide bonds. The van der Waals surface area contributed by atoms with Crippen LogP contribution in [0, 0.1) is 5.92 Å². The number of rotatable bonds is 9. The Morgan fingerprint density at radius 2 is 2.00 bits per heavy atom. The molecule has 4 nitrogen and oxygen atoms in total. The molecule has 0 aliphatic rings. The molecule has 102 valence electrons. The van der Waals surface area contributed by atoms with Crippen molar-refractivity contribution in [1.82, 2.24) is 4.31 Å². The van der Waals surface area contributed by atoms with Crippen LogP contribution in [0.3, 0.4) is 0 Å². The summed E-state index contributed by atoms with van der Waals surface area (Å²) in [6.45, 7) is 6.93. The van der Waals surface area contributed by atoms with Crippen molar-refractivity contribution in [3.8, 4) is 0 Å². The molecule has 0 spiro atoms. The number of thiocarbonyl (C=S) groups is 1. The summed E-state index contributed by atoms with van der Waals surface area (Å²) in [5, 5.41) is 0. The fourth-order valence-electron chi connectivity index (χ4n) is 1.44. The van der Waals surface area contributed by atoms with E-state index in [9.17, 15) is 8.42 Å². The highest BCUT2D eigenvalue weighted by molar-refractivity contribution is 7.89. The molecular weight excluding hydrogens is 256 g/mol. The summed E-state index contributed by atoms with van der Waals surface area (Å²) in [4.78, 5) is 0.365. The Morgan fingerprint density at radius 3 is 2.41 bits per heavy atom. The van der Waals surface area contributed by atoms with Crippen LogP contribution >= 0.6 is 12.2 Å². The first kappa shape index (κ1) is 16.8. The quantitative estimate of drug-likeness (QED) is 0.654. The Balaban J connectivity index is 4.59. The minimum Gasteiger partial charge on any atom is -0.393 e. The second-order valence-corrected chi connectivity index (χ2v) is 7.25. The van der Waals surface area contributed by atoms with Crippen molar-refractivity contribution in [2.45, 2.75) is 40.0 Å². The number of nitrogens with two attached hydrogens (primary N) is 1. The third-order valence-electron chi connectivity index (χ3n) is 2.33. The zero-order chi connectivity index (χ0) is 13.5. The predicted molar refractivity (Wildman–Crippen MR) is 76.5 cm³/mol. The van der Waals surface area contributed by atoms with Gasteiger partial charge >= 0.3 is 0 Å². The standard InChI is InChI=1S/C11H24N2O2S2/c1-4-5-8-17(14,15)13(9-10(2)3)7-6-11(12)16/h10H,4-9H2,1-3H3,(H2,12,16). The lowest BCUT2D eigenvalue weighted by atomic mass is 10.2. The second kappa shape index (κ2) is 8.00. The van der Waals surface area contributed by atoms with Gasteiger partial charge in [-0.1, -0.05) is 39.4 Å². The molecule has 0 unspecified atom stereocenters. The van der Waals surface area contributed by atoms with Gasteiger partial charge in [0.05, 0.1) is 10.7 Å². The SMILES string of the molecule is CCCCS(=O)(=O)N(CCC(N)=S)CC(C)C. The van der Waals surface area contributed by atoms with E-state index in [1.165, 1.54) is 4.31 Å². The zero-order valence-corrected chi connectivity index (χ0v) is 12.6. The molecule has 6 heteroatoms. The Kier molecular flexibility index (Phi) is 7.91. The van der Waals surface area contributed by atoms with E-state index in [4.69, 9.17) is 18.0 Å². The van der Waals surface area contributed by atoms with E-state index in [-0.39, 0.29) is 5.75 Å². The maximum atomic E-state index is 12.1. The highest BCUT2D eigenvalue weighted by Crippen LogP contribution is 2.09. The van der Waals surface area contributed by atoms with E-state index in [1.54, 1.807) is 0 Å². The third-order valence-corrected chi connectivity index (χ3v) is 4.45. The van der Waals surface area contributed by atoms with Gasteiger partial charge in [0.2, 0.25) is 10.0 Å². The van der Waals surface area contributed by atoms with Crippen LogP contribution in [-0.2, 0) is 10.0 Å². The molecule has 0 fully saturated rings. The van der Waals surface area contributed by atoms with Crippen molar-refractivity contribution in [3.05, 3.63) is 0 Å². The van der Waals surface area contributed by atoms with Crippen LogP contribution < -0.4 is 5.73 Å². The van der Waals surface area contributed by atoms with Gasteiger partial charge in [-0.3, -0.25) is 0 Å². The molecular formula is C11H24N2O2S2. The molecule has 2 N–H and O–H groups in total. The van der Waals surface area contributed by atoms with Crippen LogP contribution in [-0.4, -0.2) is 36.6 Å². The molecule has 0 saturated carbocycles. The van der Waals surface area contributed by atoms with Gasteiger partial charge in [-0.15, -0.1) is 0 Å². The maximum absolute atomic E-state index is 12.1. The lowest BCUT2D eigenvalue weighted by molar-refractivity contribution is 0.374. The average Bonchev–Trinajstić information content (AvgIpc) is 2.20. The van der Waals surface area contributed by atoms with E-state index in [1.807, 2.05) is 20.8 Å². The number of sulfonamides is 1. The average molecular weight is 280 g/mol. The van der Waals surface area contributed by atoms with Gasteiger partial charge in [-0.25, -0.2) is 12.7 Å². The van der Waals surface area contributed by atoms with E-state index in [0.717, 1.165) is 6.42 Å². The molecule has 0 aliphatic carbocycles. The largest absolute Gasteiger partial charge is 0.393 e. The first-order valence-electron chi connectivity index (χ1n) is 6.05. The van der Waals surface area contributed by atoms with E-state index in [0.29, 0.717) is 36.8 Å². The number of nitrogens with zero attached hydrogens (tertiary/aromatic N) is 1. The first-order chi connectivity index (χ1) is 7.79. The lowest BCUT2D eigenvalue weighted by Crippen LogP contribution is -2.37. The first-order valence-corrected chi connectivity index (χ1v) is 8.07. The van der Waals surface area contributed by atoms with Crippen LogP contribution in [0.2, 0.25) is 0 Å². The third kappa shape index (κ3) is 7.68. The monoisotopic (exact) mass is 280 g/mol. The maximum Gasteiger partial charge on any atom is 0.214 e. The minimum absolute atomic E-state index is 0.216. The molecule has 0 bridgehead atoms. The van der Waals surface area contributed by atoms with Crippen molar-refractivity contribution in [1.29, 1.82) is 0 Å². The van der Waals surface area contributed by atoms with Crippen LogP contribution in [0.25, 0.3) is 0 Å². The van der Waals surface area contributed by atoms with Crippen LogP contribution in [0.1, 0.15) is 40.0 Å². The molecule has 0 radical (unpaired) electrons. The normalized spacial score (nSPS) is 12.3. The summed E-state index contributed by atoms with van der Waals surface area (Å²) in [6, 6.07) is 0. The smallest absolute Gasteiger partial charge is 0.214 e. The molecule has 0 aliphatic heterocycles. The summed E-state index contributed by atoms with van der Waals surface area (Å²) < 4.78 is 25.7. The minimum atomic E-state index is -3.16. The summed E-state index contributed by atoms with van der Waals surface area (Å²) in [7, 11) is -3.16. The van der Waals surface area contributed by atoms with Crippen molar-refractivity contribution >= 4 is 27.2 Å². The van der Waals surface area contributed by atoms with E-state index >= 15 is 0 Å². The summed E-state index contributed by atoms with van der Waals surface area (Å²) in [6.07, 6.45) is 2.03. The van der Waals surface area contributed by atoms with Gasteiger partial charge in [0.15, 0.2) is 0 Å². The van der Waals surface area contributed by atoms with Gasteiger partial charge in [-0.2, -0.15) is 0 Å². The van der Waals surface area contributed by atoms with Gasteiger partial charge in [-0.05, 0) is 12.3 Å². The Bertz CT molecular complexity index is 326. The van der Waals surface area contributed by atoms with E-state index < -0.39 is 10.0 Å². The van der Waals surface area contributed by atoms with E-state index in [2.05, 4.69) is 0 Å². The number of unbranched alkanes of at least 4 members (excludes halogenated alkanes) is 1. The molecule has 0 saturated heterocycles. The van der Waals surface area contributed by atoms with Crippen molar-refractivity contribution in [2.24, 2.45) is 11.7 Å². The Labute approximate surface area is 111 Å². The van der Waals surface area contributed by atoms with Crippen LogP contribution in [0.4, 0.5) is 0 Å². The molecule has 0 atom stereocenters. The zero-order valence-electron chi connectivity index (χ0n) is 11.0. The lowest BCUT2D eigenvalue weighted by Gasteiger charge is -2.23. The Hall–Kier alpha value is -0.200. The topological polar surface area (TPSA) is 63.4 Å². The highest BCUT2D eigenvalue weighted by atomic mass is 32.2. The Morgan fingerprint density at radius 1 is 1.41 bits per heavy atom. The van der Waals surface area contributed by atoms with Crippen LogP contribution in [0.5, 0.6) is 0 Å². The second-order valence-electron chi connectivity index (χ2n) is 4.64. The number of hydrogen-bond acceptors (Lipinski definition) is 3. The molecule has 0 rings (SSSR count). The fraction of sp³-hybridized carbons (Fsp3) is 0.909. The number of hydrogen-bond donors (Lipinski definition) is 1. The molecule has 0 aromatic rings. The molecule has 17 heavy (non-hydrogen) atoms. The summed E-state index contributed by atoms with van der Waals surface area (Å²) in [5.41, 5.74) is 5.42. The van der Waals surface area contributed by atoms with Crippen molar-refractivity contribution in [2.75, 3.05) is 18.8 Å². The van der Waals surface area contributed by atoms with Gasteiger partial charge in [0, 0.05) is 19.5 Å². The fourth-order valence-corrected chi connectivity index (χ4v) is 3.34. The van der Waals surface area contributed by atoms with Crippen molar-refractivity contribution < 1.29 is 8.42 Å². The van der Waals surface area contributed by atoms with Gasteiger partial charge in [0.25, 0.3) is 0 Å². The molecule has 0 aromatic heterocycles. The van der Waals surface area contributed by atoms with Gasteiger partial charge < -0.3 is 5.73 Å². The molecule has 0 heterocycles. The van der Waals surface area contributed by atoms with Crippen molar-refractivity contribution in [3.63, 3.8) is 0 Å². The summed E-state index contributed by atoms with van der Waals surface area (Å²) >= 11 is 4.79.